The molecule has 0 N–H and O–H groups in total. The van der Waals surface area contributed by atoms with Gasteiger partial charge in [-0.1, -0.05) is 12.8 Å². The highest BCUT2D eigenvalue weighted by Crippen LogP contribution is 2.50. The molecule has 0 bridgehead atoms. The van der Waals surface area contributed by atoms with E-state index in [1.54, 1.807) is 0 Å². The first-order chi connectivity index (χ1) is 14.5. The molecule has 4 rings (SSSR count). The summed E-state index contributed by atoms with van der Waals surface area (Å²) in [7, 11) is 1.52. The zero-order valence-corrected chi connectivity index (χ0v) is 18.8. The summed E-state index contributed by atoms with van der Waals surface area (Å²) in [5, 5.41) is 0. The van der Waals surface area contributed by atoms with Crippen molar-refractivity contribution in [3.05, 3.63) is 0 Å². The lowest BCUT2D eigenvalue weighted by atomic mass is 9.64. The van der Waals surface area contributed by atoms with Crippen LogP contribution in [0.25, 0.3) is 0 Å². The number of carbonyl (C=O) groups excluding carboxylic acids is 2. The summed E-state index contributed by atoms with van der Waals surface area (Å²) in [4.78, 5) is 31.4. The van der Waals surface area contributed by atoms with Gasteiger partial charge < -0.3 is 19.3 Å². The maximum absolute atomic E-state index is 12.3. The molecule has 7 nitrogen and oxygen atoms in total. The molecule has 3 aliphatic heterocycles. The number of likely N-dealkylation sites (tertiary alicyclic amines) is 3. The number of esters is 1. The van der Waals surface area contributed by atoms with Crippen LogP contribution in [0.2, 0.25) is 0 Å². The smallest absolute Gasteiger partial charge is 0.409 e. The lowest BCUT2D eigenvalue weighted by molar-refractivity contribution is -0.148. The monoisotopic (exact) mass is 421 g/mol. The van der Waals surface area contributed by atoms with Crippen molar-refractivity contribution in [2.45, 2.75) is 82.8 Å². The molecule has 7 heteroatoms. The Bertz CT molecular complexity index is 614. The molecule has 1 aliphatic carbocycles. The van der Waals surface area contributed by atoms with Crippen molar-refractivity contribution in [1.29, 1.82) is 0 Å². The average molecular weight is 422 g/mol. The van der Waals surface area contributed by atoms with E-state index in [4.69, 9.17) is 9.47 Å². The van der Waals surface area contributed by atoms with E-state index in [1.165, 1.54) is 32.8 Å². The number of hydrogen-bond donors (Lipinski definition) is 0. The first kappa shape index (κ1) is 21.9. The highest BCUT2D eigenvalue weighted by atomic mass is 16.6. The largest absolute Gasteiger partial charge is 0.468 e. The summed E-state index contributed by atoms with van der Waals surface area (Å²) in [5.41, 5.74) is 0.328. The Hall–Kier alpha value is -1.34. The predicted octanol–water partition coefficient (Wildman–Crippen LogP) is 2.88. The van der Waals surface area contributed by atoms with Crippen molar-refractivity contribution >= 4 is 12.1 Å². The van der Waals surface area contributed by atoms with Crippen molar-refractivity contribution in [1.82, 2.24) is 14.7 Å². The number of amides is 1. The Morgan fingerprint density at radius 3 is 2.43 bits per heavy atom. The van der Waals surface area contributed by atoms with Crippen LogP contribution in [0.4, 0.5) is 4.79 Å². The number of methoxy groups -OCH3 is 1. The Balaban J connectivity index is 1.26. The maximum atomic E-state index is 12.3. The summed E-state index contributed by atoms with van der Waals surface area (Å²) in [6.45, 7) is 7.31. The van der Waals surface area contributed by atoms with Crippen molar-refractivity contribution in [2.75, 3.05) is 46.4 Å². The number of rotatable bonds is 4. The molecular weight excluding hydrogens is 382 g/mol. The minimum atomic E-state index is -0.142. The minimum absolute atomic E-state index is 0.0478. The van der Waals surface area contributed by atoms with E-state index in [-0.39, 0.29) is 18.1 Å². The summed E-state index contributed by atoms with van der Waals surface area (Å²) >= 11 is 0. The van der Waals surface area contributed by atoms with Gasteiger partial charge in [0.2, 0.25) is 0 Å². The minimum Gasteiger partial charge on any atom is -0.468 e. The first-order valence-electron chi connectivity index (χ1n) is 12.0. The third-order valence-corrected chi connectivity index (χ3v) is 8.05. The van der Waals surface area contributed by atoms with Crippen molar-refractivity contribution in [2.24, 2.45) is 5.41 Å². The molecule has 30 heavy (non-hydrogen) atoms. The third kappa shape index (κ3) is 4.47. The predicted molar refractivity (Wildman–Crippen MR) is 114 cm³/mol. The van der Waals surface area contributed by atoms with E-state index < -0.39 is 0 Å². The third-order valence-electron chi connectivity index (χ3n) is 8.05. The van der Waals surface area contributed by atoms with Crippen molar-refractivity contribution in [3.63, 3.8) is 0 Å². The van der Waals surface area contributed by atoms with E-state index in [0.29, 0.717) is 24.1 Å². The molecule has 0 aromatic carbocycles. The molecule has 1 saturated carbocycles. The van der Waals surface area contributed by atoms with Gasteiger partial charge in [0.1, 0.15) is 6.04 Å². The van der Waals surface area contributed by atoms with Crippen molar-refractivity contribution < 1.29 is 19.1 Å². The molecule has 1 atom stereocenters. The van der Waals surface area contributed by atoms with Gasteiger partial charge in [-0.3, -0.25) is 9.69 Å². The Morgan fingerprint density at radius 1 is 0.967 bits per heavy atom. The van der Waals surface area contributed by atoms with E-state index in [0.717, 1.165) is 64.8 Å². The molecular formula is C23H39N3O4. The number of nitrogens with zero attached hydrogens (tertiary/aromatic N) is 3. The van der Waals surface area contributed by atoms with Crippen LogP contribution in [0, 0.1) is 5.41 Å². The van der Waals surface area contributed by atoms with Crippen LogP contribution in [0.15, 0.2) is 0 Å². The van der Waals surface area contributed by atoms with Crippen LogP contribution in [0.1, 0.15) is 64.7 Å². The highest BCUT2D eigenvalue weighted by Gasteiger charge is 2.51. The van der Waals surface area contributed by atoms with Crippen LogP contribution >= 0.6 is 0 Å². The first-order valence-corrected chi connectivity index (χ1v) is 12.0. The Kier molecular flexibility index (Phi) is 6.88. The van der Waals surface area contributed by atoms with Gasteiger partial charge in [-0.2, -0.15) is 0 Å². The van der Waals surface area contributed by atoms with E-state index in [1.807, 2.05) is 11.8 Å². The molecule has 3 heterocycles. The number of piperidine rings is 1. The van der Waals surface area contributed by atoms with Gasteiger partial charge in [0.15, 0.2) is 0 Å². The second kappa shape index (κ2) is 9.43. The molecule has 1 unspecified atom stereocenters. The zero-order valence-electron chi connectivity index (χ0n) is 18.8. The Labute approximate surface area is 181 Å². The van der Waals surface area contributed by atoms with E-state index in [9.17, 15) is 9.59 Å². The maximum Gasteiger partial charge on any atom is 0.409 e. The molecule has 1 amide bonds. The van der Waals surface area contributed by atoms with Gasteiger partial charge in [-0.15, -0.1) is 0 Å². The summed E-state index contributed by atoms with van der Waals surface area (Å²) in [5.74, 6) is -0.0485. The van der Waals surface area contributed by atoms with E-state index in [2.05, 4.69) is 9.80 Å². The molecule has 4 fully saturated rings. The quantitative estimate of drug-likeness (QED) is 0.651. The molecule has 0 radical (unpaired) electrons. The zero-order chi connectivity index (χ0) is 21.1. The van der Waals surface area contributed by atoms with Gasteiger partial charge in [0.25, 0.3) is 0 Å². The highest BCUT2D eigenvalue weighted by molar-refractivity contribution is 5.75. The number of ether oxygens (including phenoxy) is 2. The fourth-order valence-corrected chi connectivity index (χ4v) is 6.38. The number of hydrogen-bond acceptors (Lipinski definition) is 6. The average Bonchev–Trinajstić information content (AvgIpc) is 3.05. The second-order valence-corrected chi connectivity index (χ2v) is 9.83. The Morgan fingerprint density at radius 2 is 1.73 bits per heavy atom. The summed E-state index contributed by atoms with van der Waals surface area (Å²) in [6, 6.07) is 1.12. The van der Waals surface area contributed by atoms with E-state index >= 15 is 0 Å². The van der Waals surface area contributed by atoms with Crippen molar-refractivity contribution in [3.8, 4) is 0 Å². The van der Waals surface area contributed by atoms with Crippen LogP contribution in [-0.4, -0.2) is 91.3 Å². The van der Waals surface area contributed by atoms with Gasteiger partial charge >= 0.3 is 12.1 Å². The van der Waals surface area contributed by atoms with Gasteiger partial charge in [-0.05, 0) is 76.9 Å². The fraction of sp³-hybridized carbons (Fsp3) is 0.913. The van der Waals surface area contributed by atoms with Gasteiger partial charge in [-0.25, -0.2) is 4.79 Å². The van der Waals surface area contributed by atoms with Crippen LogP contribution in [-0.2, 0) is 14.3 Å². The lowest BCUT2D eigenvalue weighted by Crippen LogP contribution is -2.57. The van der Waals surface area contributed by atoms with Gasteiger partial charge in [0.05, 0.1) is 13.7 Å². The lowest BCUT2D eigenvalue weighted by Gasteiger charge is -2.52. The van der Waals surface area contributed by atoms with Crippen LogP contribution in [0.3, 0.4) is 0 Å². The topological polar surface area (TPSA) is 62.3 Å². The van der Waals surface area contributed by atoms with Gasteiger partial charge in [0, 0.05) is 25.2 Å². The standard InChI is InChI=1S/C23H39N3O4/c1-3-30-22(28)25-14-10-23(17-25)15-19(16-23)24-12-8-18(9-13-24)26-11-6-4-5-7-20(26)21(27)29-2/h18-20H,3-17H2,1-2H3. The molecule has 1 spiro atoms. The summed E-state index contributed by atoms with van der Waals surface area (Å²) < 4.78 is 10.3. The molecule has 4 aliphatic rings. The normalized spacial score (nSPS) is 33.9. The molecule has 0 aromatic heterocycles. The van der Waals surface area contributed by atoms with Crippen LogP contribution in [0.5, 0.6) is 0 Å². The summed E-state index contributed by atoms with van der Waals surface area (Å²) in [6.07, 6.45) is 10.2. The van der Waals surface area contributed by atoms with Crippen LogP contribution < -0.4 is 0 Å². The number of carbonyl (C=O) groups is 2. The molecule has 3 saturated heterocycles. The molecule has 0 aromatic rings. The fourth-order valence-electron chi connectivity index (χ4n) is 6.38. The molecule has 170 valence electrons. The second-order valence-electron chi connectivity index (χ2n) is 9.83. The SMILES string of the molecule is CCOC(=O)N1CCC2(CC(N3CCC(N4CCCCCC4C(=O)OC)CC3)C2)C1.